The number of hydrogen-bond donors (Lipinski definition) is 2. The molecule has 0 saturated carbocycles. The van der Waals surface area contributed by atoms with Crippen LogP contribution in [0.5, 0.6) is 5.75 Å². The maximum atomic E-state index is 13.8. The van der Waals surface area contributed by atoms with Gasteiger partial charge in [0.15, 0.2) is 0 Å². The first-order valence-corrected chi connectivity index (χ1v) is 11.4. The van der Waals surface area contributed by atoms with Gasteiger partial charge in [0.25, 0.3) is 11.5 Å². The van der Waals surface area contributed by atoms with Crippen LogP contribution in [0.25, 0.3) is 0 Å². The van der Waals surface area contributed by atoms with Crippen molar-refractivity contribution in [1.82, 2.24) is 10.2 Å². The molecule has 2 N–H and O–H groups in total. The molecule has 0 aliphatic carbocycles. The molecular weight excluding hydrogens is 453 g/mol. The zero-order valence-corrected chi connectivity index (χ0v) is 20.4. The van der Waals surface area contributed by atoms with Crippen LogP contribution in [0, 0.1) is 5.92 Å². The van der Waals surface area contributed by atoms with Gasteiger partial charge in [0.1, 0.15) is 11.4 Å². The van der Waals surface area contributed by atoms with Crippen LogP contribution in [-0.4, -0.2) is 60.0 Å². The molecule has 1 aliphatic heterocycles. The lowest BCUT2D eigenvalue weighted by Crippen LogP contribution is -2.56. The highest BCUT2D eigenvalue weighted by molar-refractivity contribution is 5.87. The number of halogens is 3. The molecule has 1 saturated heterocycles. The molecule has 0 bridgehead atoms. The normalized spacial score (nSPS) is 18.1. The summed E-state index contributed by atoms with van der Waals surface area (Å²) in [5, 5.41) is 12.8. The summed E-state index contributed by atoms with van der Waals surface area (Å²) in [6.07, 6.45) is -2.97. The zero-order chi connectivity index (χ0) is 25.7. The van der Waals surface area contributed by atoms with Crippen molar-refractivity contribution in [2.24, 2.45) is 5.92 Å². The van der Waals surface area contributed by atoms with E-state index in [4.69, 9.17) is 9.47 Å². The predicted octanol–water partition coefficient (Wildman–Crippen LogP) is 4.38. The van der Waals surface area contributed by atoms with E-state index >= 15 is 0 Å². The Hall–Kier alpha value is -2.49. The number of alkyl halides is 3. The molecule has 34 heavy (non-hydrogen) atoms. The van der Waals surface area contributed by atoms with Crippen molar-refractivity contribution in [3.63, 3.8) is 0 Å². The van der Waals surface area contributed by atoms with Crippen molar-refractivity contribution in [3.05, 3.63) is 29.8 Å². The Labute approximate surface area is 198 Å². The average molecular weight is 489 g/mol. The molecule has 2 amide bonds. The van der Waals surface area contributed by atoms with E-state index in [-0.39, 0.29) is 17.8 Å². The van der Waals surface area contributed by atoms with Gasteiger partial charge in [-0.25, -0.2) is 4.79 Å². The van der Waals surface area contributed by atoms with Gasteiger partial charge in [0, 0.05) is 24.7 Å². The molecule has 7 nitrogen and oxygen atoms in total. The highest BCUT2D eigenvalue weighted by atomic mass is 19.4. The van der Waals surface area contributed by atoms with Crippen LogP contribution in [-0.2, 0) is 15.1 Å². The van der Waals surface area contributed by atoms with Gasteiger partial charge in [0.2, 0.25) is 0 Å². The molecule has 0 radical (unpaired) electrons. The highest BCUT2D eigenvalue weighted by Crippen LogP contribution is 2.40. The predicted molar refractivity (Wildman–Crippen MR) is 120 cm³/mol. The summed E-state index contributed by atoms with van der Waals surface area (Å²) in [4.78, 5) is 26.5. The Morgan fingerprint density at radius 3 is 2.35 bits per heavy atom. The van der Waals surface area contributed by atoms with Gasteiger partial charge >= 0.3 is 12.3 Å². The van der Waals surface area contributed by atoms with Gasteiger partial charge in [-0.15, -0.1) is 0 Å². The smallest absolute Gasteiger partial charge is 0.430 e. The van der Waals surface area contributed by atoms with Gasteiger partial charge < -0.3 is 24.8 Å². The van der Waals surface area contributed by atoms with Crippen molar-refractivity contribution in [3.8, 4) is 5.75 Å². The van der Waals surface area contributed by atoms with E-state index in [0.29, 0.717) is 25.9 Å². The lowest BCUT2D eigenvalue weighted by atomic mass is 9.89. The number of carbonyl (C=O) groups excluding carboxylic acids is 2. The maximum absolute atomic E-state index is 13.8. The van der Waals surface area contributed by atoms with Crippen molar-refractivity contribution in [2.75, 3.05) is 20.2 Å². The molecule has 192 valence electrons. The number of hydrogen-bond acceptors (Lipinski definition) is 5. The fourth-order valence-electron chi connectivity index (χ4n) is 3.89. The molecule has 0 aromatic heterocycles. The van der Waals surface area contributed by atoms with E-state index in [0.717, 1.165) is 25.0 Å². The fraction of sp³-hybridized carbons (Fsp3) is 0.667. The average Bonchev–Trinajstić information content (AvgIpc) is 2.75. The van der Waals surface area contributed by atoms with Crippen LogP contribution in [0.4, 0.5) is 18.0 Å². The standard InChI is InChI=1S/C24H35F3N2O5/c1-16(9-10-17-11-13-29(14-12-17)21(31)34-22(2,3)4)28-20(30)23(32,24(25,26)27)18-7-6-8-19(15-18)33-5/h6-8,15-17,32H,9-14H2,1-5H3,(H,28,30). The number of piperidine rings is 1. The summed E-state index contributed by atoms with van der Waals surface area (Å²) in [5.74, 6) is -1.16. The Morgan fingerprint density at radius 2 is 1.82 bits per heavy atom. The van der Waals surface area contributed by atoms with Crippen LogP contribution in [0.1, 0.15) is 58.9 Å². The molecule has 10 heteroatoms. The van der Waals surface area contributed by atoms with Gasteiger partial charge in [-0.05, 0) is 71.4 Å². The minimum Gasteiger partial charge on any atom is -0.497 e. The van der Waals surface area contributed by atoms with E-state index in [1.807, 2.05) is 20.8 Å². The van der Waals surface area contributed by atoms with Crippen LogP contribution >= 0.6 is 0 Å². The first-order chi connectivity index (χ1) is 15.7. The second kappa shape index (κ2) is 10.8. The third kappa shape index (κ3) is 7.01. The topological polar surface area (TPSA) is 88.1 Å². The molecule has 0 spiro atoms. The van der Waals surface area contributed by atoms with E-state index in [1.165, 1.54) is 19.2 Å². The second-order valence-electron chi connectivity index (χ2n) is 9.80. The third-order valence-corrected chi connectivity index (χ3v) is 5.88. The Kier molecular flexibility index (Phi) is 8.85. The van der Waals surface area contributed by atoms with E-state index < -0.39 is 34.9 Å². The van der Waals surface area contributed by atoms with E-state index in [9.17, 15) is 27.9 Å². The number of rotatable bonds is 7. The molecule has 1 fully saturated rings. The molecular formula is C24H35F3N2O5. The molecule has 1 aromatic rings. The minimum atomic E-state index is -5.22. The lowest BCUT2D eigenvalue weighted by Gasteiger charge is -2.34. The molecule has 2 rings (SSSR count). The molecule has 1 aromatic carbocycles. The quantitative estimate of drug-likeness (QED) is 0.595. The van der Waals surface area contributed by atoms with E-state index in [2.05, 4.69) is 5.32 Å². The number of amides is 2. The van der Waals surface area contributed by atoms with Crippen molar-refractivity contribution in [1.29, 1.82) is 0 Å². The first-order valence-electron chi connectivity index (χ1n) is 11.4. The third-order valence-electron chi connectivity index (χ3n) is 5.88. The SMILES string of the molecule is COc1cccc(C(O)(C(=O)NC(C)CCC2CCN(C(=O)OC(C)(C)C)CC2)C(F)(F)F)c1. The summed E-state index contributed by atoms with van der Waals surface area (Å²) in [5.41, 5.74) is -4.88. The number of aliphatic hydroxyl groups is 1. The lowest BCUT2D eigenvalue weighted by molar-refractivity contribution is -0.257. The number of methoxy groups -OCH3 is 1. The minimum absolute atomic E-state index is 0.0961. The molecule has 2 unspecified atom stereocenters. The molecule has 1 heterocycles. The first kappa shape index (κ1) is 27.8. The van der Waals surface area contributed by atoms with Crippen LogP contribution in [0.2, 0.25) is 0 Å². The fourth-order valence-corrected chi connectivity index (χ4v) is 3.89. The number of likely N-dealkylation sites (tertiary alicyclic amines) is 1. The Morgan fingerprint density at radius 1 is 1.21 bits per heavy atom. The van der Waals surface area contributed by atoms with Crippen LogP contribution in [0.3, 0.4) is 0 Å². The van der Waals surface area contributed by atoms with Gasteiger partial charge in [0.05, 0.1) is 7.11 Å². The van der Waals surface area contributed by atoms with Gasteiger partial charge in [-0.2, -0.15) is 13.2 Å². The van der Waals surface area contributed by atoms with Gasteiger partial charge in [-0.3, -0.25) is 4.79 Å². The second-order valence-corrected chi connectivity index (χ2v) is 9.80. The van der Waals surface area contributed by atoms with Gasteiger partial charge in [-0.1, -0.05) is 12.1 Å². The number of nitrogens with one attached hydrogen (secondary N) is 1. The number of benzene rings is 1. The summed E-state index contributed by atoms with van der Waals surface area (Å²) in [6.45, 7) is 8.12. The van der Waals surface area contributed by atoms with E-state index in [1.54, 1.807) is 11.8 Å². The monoisotopic (exact) mass is 488 g/mol. The highest BCUT2D eigenvalue weighted by Gasteiger charge is 2.61. The largest absolute Gasteiger partial charge is 0.497 e. The van der Waals surface area contributed by atoms with Crippen molar-refractivity contribution < 1.29 is 37.3 Å². The van der Waals surface area contributed by atoms with Crippen molar-refractivity contribution in [2.45, 2.75) is 76.8 Å². The molecule has 2 atom stereocenters. The molecule has 1 aliphatic rings. The van der Waals surface area contributed by atoms with Crippen LogP contribution < -0.4 is 10.1 Å². The maximum Gasteiger partial charge on any atom is 0.430 e. The van der Waals surface area contributed by atoms with Crippen LogP contribution in [0.15, 0.2) is 24.3 Å². The Balaban J connectivity index is 1.93. The summed E-state index contributed by atoms with van der Waals surface area (Å²) < 4.78 is 51.8. The summed E-state index contributed by atoms with van der Waals surface area (Å²) in [7, 11) is 1.28. The summed E-state index contributed by atoms with van der Waals surface area (Å²) >= 11 is 0. The number of carbonyl (C=O) groups is 2. The summed E-state index contributed by atoms with van der Waals surface area (Å²) in [6, 6.07) is 4.16. The Bertz CT molecular complexity index is 848. The number of nitrogens with zero attached hydrogens (tertiary/aromatic N) is 1. The number of ether oxygens (including phenoxy) is 2. The zero-order valence-electron chi connectivity index (χ0n) is 20.4. The van der Waals surface area contributed by atoms with Crippen molar-refractivity contribution >= 4 is 12.0 Å².